The Kier molecular flexibility index (Phi) is 7.80. The molecule has 0 spiro atoms. The largest absolute Gasteiger partial charge is 0.362 e. The molecule has 9 nitrogen and oxygen atoms in total. The van der Waals surface area contributed by atoms with Gasteiger partial charge in [-0.25, -0.2) is 0 Å². The Bertz CT molecular complexity index is 767. The van der Waals surface area contributed by atoms with Crippen LogP contribution in [0.25, 0.3) is 0 Å². The molecule has 29 heavy (non-hydrogen) atoms. The Hall–Kier alpha value is -2.39. The van der Waals surface area contributed by atoms with E-state index in [1.165, 1.54) is 13.0 Å². The molecule has 2 aliphatic rings. The number of nitro groups is 1. The summed E-state index contributed by atoms with van der Waals surface area (Å²) in [5.74, 6) is -0.274. The summed E-state index contributed by atoms with van der Waals surface area (Å²) >= 11 is 0. The van der Waals surface area contributed by atoms with Crippen LogP contribution in [-0.4, -0.2) is 66.4 Å². The van der Waals surface area contributed by atoms with Gasteiger partial charge >= 0.3 is 0 Å². The van der Waals surface area contributed by atoms with Gasteiger partial charge in [0.15, 0.2) is 0 Å². The lowest BCUT2D eigenvalue weighted by atomic mass is 10.00. The van der Waals surface area contributed by atoms with Crippen molar-refractivity contribution in [2.45, 2.75) is 38.8 Å². The summed E-state index contributed by atoms with van der Waals surface area (Å²) in [5, 5.41) is 17.9. The molecule has 1 aromatic rings. The summed E-state index contributed by atoms with van der Waals surface area (Å²) in [6.45, 7) is 6.55. The van der Waals surface area contributed by atoms with Crippen molar-refractivity contribution >= 4 is 35.6 Å². The Morgan fingerprint density at radius 3 is 2.52 bits per heavy atom. The molecule has 0 bridgehead atoms. The van der Waals surface area contributed by atoms with E-state index in [0.717, 1.165) is 19.4 Å². The summed E-state index contributed by atoms with van der Waals surface area (Å²) in [4.78, 5) is 38.9. The van der Waals surface area contributed by atoms with Crippen molar-refractivity contribution < 1.29 is 14.5 Å². The molecule has 2 atom stereocenters. The van der Waals surface area contributed by atoms with E-state index in [2.05, 4.69) is 17.6 Å². The highest BCUT2D eigenvalue weighted by molar-refractivity contribution is 5.96. The fourth-order valence-corrected chi connectivity index (χ4v) is 3.87. The van der Waals surface area contributed by atoms with Gasteiger partial charge in [-0.2, -0.15) is 0 Å². The average Bonchev–Trinajstić information content (AvgIpc) is 2.67. The summed E-state index contributed by atoms with van der Waals surface area (Å²) in [6, 6.07) is 5.04. The smallest absolute Gasteiger partial charge is 0.293 e. The zero-order valence-corrected chi connectivity index (χ0v) is 17.5. The molecule has 2 unspecified atom stereocenters. The number of piperazine rings is 1. The zero-order chi connectivity index (χ0) is 20.3. The van der Waals surface area contributed by atoms with Crippen LogP contribution >= 0.6 is 12.4 Å². The van der Waals surface area contributed by atoms with Crippen molar-refractivity contribution in [1.29, 1.82) is 0 Å². The third kappa shape index (κ3) is 5.57. The molecule has 2 saturated heterocycles. The van der Waals surface area contributed by atoms with Crippen molar-refractivity contribution in [1.82, 2.24) is 15.5 Å². The van der Waals surface area contributed by atoms with Crippen molar-refractivity contribution in [3.05, 3.63) is 33.9 Å². The summed E-state index contributed by atoms with van der Waals surface area (Å²) in [5.41, 5.74) is 0.701. The van der Waals surface area contributed by atoms with E-state index in [1.807, 2.05) is 4.90 Å². The van der Waals surface area contributed by atoms with Gasteiger partial charge in [-0.05, 0) is 38.4 Å². The van der Waals surface area contributed by atoms with Crippen LogP contribution in [-0.2, 0) is 4.79 Å². The predicted molar refractivity (Wildman–Crippen MR) is 113 cm³/mol. The number of benzene rings is 1. The topological polar surface area (TPSA) is 108 Å². The normalized spacial score (nSPS) is 21.9. The number of hydrogen-bond donors (Lipinski definition) is 2. The van der Waals surface area contributed by atoms with Crippen molar-refractivity contribution in [3.8, 4) is 0 Å². The van der Waals surface area contributed by atoms with Crippen LogP contribution in [0.4, 0.5) is 11.4 Å². The number of carbonyl (C=O) groups is 2. The van der Waals surface area contributed by atoms with Gasteiger partial charge in [0.25, 0.3) is 11.6 Å². The van der Waals surface area contributed by atoms with Gasteiger partial charge in [-0.3, -0.25) is 19.7 Å². The van der Waals surface area contributed by atoms with Gasteiger partial charge in [-0.1, -0.05) is 0 Å². The first-order chi connectivity index (χ1) is 13.3. The average molecular weight is 426 g/mol. The molecule has 2 heterocycles. The Morgan fingerprint density at radius 2 is 1.93 bits per heavy atom. The minimum atomic E-state index is -0.448. The quantitative estimate of drug-likeness (QED) is 0.559. The van der Waals surface area contributed by atoms with Gasteiger partial charge in [0.1, 0.15) is 5.69 Å². The lowest BCUT2D eigenvalue weighted by Gasteiger charge is -2.35. The van der Waals surface area contributed by atoms with E-state index in [1.54, 1.807) is 17.0 Å². The molecule has 0 saturated carbocycles. The fourth-order valence-electron chi connectivity index (χ4n) is 3.87. The van der Waals surface area contributed by atoms with E-state index >= 15 is 0 Å². The molecule has 160 valence electrons. The van der Waals surface area contributed by atoms with E-state index in [0.29, 0.717) is 43.5 Å². The van der Waals surface area contributed by atoms with Crippen molar-refractivity contribution in [3.63, 3.8) is 0 Å². The van der Waals surface area contributed by atoms with Crippen LogP contribution < -0.4 is 15.5 Å². The fraction of sp³-hybridized carbons (Fsp3) is 0.579. The van der Waals surface area contributed by atoms with E-state index in [9.17, 15) is 19.7 Å². The number of nitrogens with one attached hydrogen (secondary N) is 2. The third-order valence-corrected chi connectivity index (χ3v) is 5.46. The molecular weight excluding hydrogens is 398 g/mol. The number of rotatable bonds is 4. The summed E-state index contributed by atoms with van der Waals surface area (Å²) < 4.78 is 0. The predicted octanol–water partition coefficient (Wildman–Crippen LogP) is 1.56. The summed E-state index contributed by atoms with van der Waals surface area (Å²) in [7, 11) is 0. The number of halogens is 1. The highest BCUT2D eigenvalue weighted by Gasteiger charge is 2.27. The third-order valence-electron chi connectivity index (χ3n) is 5.46. The molecule has 2 N–H and O–H groups in total. The van der Waals surface area contributed by atoms with Gasteiger partial charge in [-0.15, -0.1) is 12.4 Å². The number of nitro benzene ring substituents is 1. The van der Waals surface area contributed by atoms with Crippen LogP contribution in [0.5, 0.6) is 0 Å². The molecule has 0 aromatic heterocycles. The van der Waals surface area contributed by atoms with Gasteiger partial charge in [0.05, 0.1) is 4.92 Å². The monoisotopic (exact) mass is 425 g/mol. The molecule has 0 radical (unpaired) electrons. The Morgan fingerprint density at radius 1 is 1.24 bits per heavy atom. The highest BCUT2D eigenvalue weighted by atomic mass is 35.5. The summed E-state index contributed by atoms with van der Waals surface area (Å²) in [6.07, 6.45) is 1.68. The first-order valence-electron chi connectivity index (χ1n) is 9.68. The maximum absolute atomic E-state index is 12.6. The second-order valence-electron chi connectivity index (χ2n) is 7.50. The number of amides is 2. The maximum Gasteiger partial charge on any atom is 0.293 e. The van der Waals surface area contributed by atoms with E-state index in [4.69, 9.17) is 0 Å². The van der Waals surface area contributed by atoms with Crippen molar-refractivity contribution in [2.24, 2.45) is 0 Å². The van der Waals surface area contributed by atoms with Crippen LogP contribution in [0.2, 0.25) is 0 Å². The van der Waals surface area contributed by atoms with E-state index < -0.39 is 4.92 Å². The van der Waals surface area contributed by atoms with Crippen LogP contribution in [0, 0.1) is 10.1 Å². The standard InChI is InChI=1S/C19H27N5O4.ClH/c1-13-11-16(5-6-20-13)21-19(26)15-3-4-17(18(12-15)24(27)28)23-9-7-22(8-10-23)14(2)25;/h3-4,12-13,16,20H,5-11H2,1-2H3,(H,21,26);1H. The van der Waals surface area contributed by atoms with Crippen LogP contribution in [0.1, 0.15) is 37.0 Å². The first-order valence-corrected chi connectivity index (χ1v) is 9.68. The number of hydrogen-bond acceptors (Lipinski definition) is 6. The SMILES string of the molecule is CC(=O)N1CCN(c2ccc(C(=O)NC3CCNC(C)C3)cc2[N+](=O)[O-])CC1.Cl. The number of nitrogens with zero attached hydrogens (tertiary/aromatic N) is 3. The molecule has 2 amide bonds. The minimum Gasteiger partial charge on any atom is -0.362 e. The second kappa shape index (κ2) is 9.89. The van der Waals surface area contributed by atoms with Gasteiger partial charge in [0, 0.05) is 56.8 Å². The molecule has 1 aromatic carbocycles. The van der Waals surface area contributed by atoms with Crippen LogP contribution in [0.3, 0.4) is 0 Å². The number of carbonyl (C=O) groups excluding carboxylic acids is 2. The first kappa shape index (κ1) is 22.9. The highest BCUT2D eigenvalue weighted by Crippen LogP contribution is 2.30. The number of piperidine rings is 1. The van der Waals surface area contributed by atoms with Gasteiger partial charge in [0.2, 0.25) is 5.91 Å². The van der Waals surface area contributed by atoms with Gasteiger partial charge < -0.3 is 20.4 Å². The maximum atomic E-state index is 12.6. The van der Waals surface area contributed by atoms with Crippen LogP contribution in [0.15, 0.2) is 18.2 Å². The van der Waals surface area contributed by atoms with E-state index in [-0.39, 0.29) is 36.0 Å². The zero-order valence-electron chi connectivity index (χ0n) is 16.7. The molecule has 10 heteroatoms. The molecule has 2 fully saturated rings. The number of anilines is 1. The minimum absolute atomic E-state index is 0. The molecular formula is C19H28ClN5O4. The lowest BCUT2D eigenvalue weighted by molar-refractivity contribution is -0.384. The molecule has 3 rings (SSSR count). The Balaban J connectivity index is 0.00000300. The molecule has 0 aliphatic carbocycles. The lowest BCUT2D eigenvalue weighted by Crippen LogP contribution is -2.48. The van der Waals surface area contributed by atoms with Crippen molar-refractivity contribution in [2.75, 3.05) is 37.6 Å². The molecule has 2 aliphatic heterocycles. The Labute approximate surface area is 176 Å². The second-order valence-corrected chi connectivity index (χ2v) is 7.50.